The van der Waals surface area contributed by atoms with E-state index in [0.29, 0.717) is 5.69 Å². The summed E-state index contributed by atoms with van der Waals surface area (Å²) in [5.41, 5.74) is 0.684. The van der Waals surface area contributed by atoms with Gasteiger partial charge in [-0.15, -0.1) is 0 Å². The lowest BCUT2D eigenvalue weighted by atomic mass is 10.2. The maximum absolute atomic E-state index is 13.9. The summed E-state index contributed by atoms with van der Waals surface area (Å²) in [5.74, 6) is -3.23. The standard InChI is InChI=1S/C19H13F2N5O3S/c20-14-7-4-8-15(21)17(14)30(28,29)25-16-9-10-26-18(24-16)13(11-22-26)19(27)23-12-5-2-1-3-6-12/h1-11H,(H,23,27)(H,24,25). The van der Waals surface area contributed by atoms with Gasteiger partial charge in [0.25, 0.3) is 15.9 Å². The number of fused-ring (bicyclic) bond motifs is 1. The van der Waals surface area contributed by atoms with Crippen LogP contribution in [0.4, 0.5) is 20.3 Å². The van der Waals surface area contributed by atoms with Gasteiger partial charge in [-0.3, -0.25) is 9.52 Å². The first-order chi connectivity index (χ1) is 14.3. The van der Waals surface area contributed by atoms with Gasteiger partial charge in [0.1, 0.15) is 23.0 Å². The van der Waals surface area contributed by atoms with Gasteiger partial charge in [-0.2, -0.15) is 5.10 Å². The molecule has 0 aliphatic rings. The molecular formula is C19H13F2N5O3S. The molecule has 8 nitrogen and oxygen atoms in total. The van der Waals surface area contributed by atoms with Gasteiger partial charge in [0.15, 0.2) is 10.5 Å². The van der Waals surface area contributed by atoms with Gasteiger partial charge in [-0.1, -0.05) is 24.3 Å². The van der Waals surface area contributed by atoms with Crippen LogP contribution in [0.2, 0.25) is 0 Å². The van der Waals surface area contributed by atoms with Crippen LogP contribution in [0.25, 0.3) is 5.65 Å². The van der Waals surface area contributed by atoms with Gasteiger partial charge in [0.05, 0.1) is 6.20 Å². The lowest BCUT2D eigenvalue weighted by Gasteiger charge is -2.09. The molecule has 0 saturated carbocycles. The minimum atomic E-state index is -4.60. The molecule has 0 aliphatic carbocycles. The number of halogens is 2. The van der Waals surface area contributed by atoms with Gasteiger partial charge in [-0.25, -0.2) is 26.7 Å². The molecule has 0 bridgehead atoms. The molecule has 0 radical (unpaired) electrons. The molecule has 0 saturated heterocycles. The van der Waals surface area contributed by atoms with Crippen LogP contribution in [0.15, 0.2) is 71.9 Å². The fourth-order valence-electron chi connectivity index (χ4n) is 2.73. The number of hydrogen-bond donors (Lipinski definition) is 2. The highest BCUT2D eigenvalue weighted by Gasteiger charge is 2.25. The molecule has 11 heteroatoms. The highest BCUT2D eigenvalue weighted by Crippen LogP contribution is 2.22. The van der Waals surface area contributed by atoms with Crippen molar-refractivity contribution in [2.24, 2.45) is 0 Å². The Morgan fingerprint density at radius 3 is 2.37 bits per heavy atom. The summed E-state index contributed by atoms with van der Waals surface area (Å²) in [6, 6.07) is 12.6. The second kappa shape index (κ2) is 7.52. The van der Waals surface area contributed by atoms with Gasteiger partial charge in [-0.05, 0) is 30.3 Å². The molecule has 4 aromatic rings. The van der Waals surface area contributed by atoms with Crippen LogP contribution in [0, 0.1) is 11.6 Å². The monoisotopic (exact) mass is 429 g/mol. The zero-order chi connectivity index (χ0) is 21.3. The first kappa shape index (κ1) is 19.5. The van der Waals surface area contributed by atoms with Crippen molar-refractivity contribution in [1.29, 1.82) is 0 Å². The Morgan fingerprint density at radius 2 is 1.67 bits per heavy atom. The Bertz CT molecular complexity index is 1340. The first-order valence-corrected chi connectivity index (χ1v) is 10.0. The van der Waals surface area contributed by atoms with E-state index in [9.17, 15) is 22.0 Å². The van der Waals surface area contributed by atoms with E-state index < -0.39 is 32.5 Å². The lowest BCUT2D eigenvalue weighted by molar-refractivity contribution is 0.102. The Labute approximate surface area is 169 Å². The third-order valence-electron chi connectivity index (χ3n) is 4.07. The number of hydrogen-bond acceptors (Lipinski definition) is 5. The van der Waals surface area contributed by atoms with Crippen LogP contribution in [-0.2, 0) is 10.0 Å². The first-order valence-electron chi connectivity index (χ1n) is 8.53. The normalized spacial score (nSPS) is 11.4. The molecule has 1 amide bonds. The largest absolute Gasteiger partial charge is 0.322 e. The number of benzene rings is 2. The molecule has 152 valence electrons. The van der Waals surface area contributed by atoms with Crippen molar-refractivity contribution in [1.82, 2.24) is 14.6 Å². The van der Waals surface area contributed by atoms with Crippen LogP contribution in [0.5, 0.6) is 0 Å². The number of sulfonamides is 1. The van der Waals surface area contributed by atoms with E-state index in [-0.39, 0.29) is 17.0 Å². The molecule has 0 unspecified atom stereocenters. The molecule has 0 fully saturated rings. The predicted octanol–water partition coefficient (Wildman–Crippen LogP) is 3.06. The number of amides is 1. The molecular weight excluding hydrogens is 416 g/mol. The van der Waals surface area contributed by atoms with E-state index in [0.717, 1.165) is 18.2 Å². The van der Waals surface area contributed by atoms with Crippen LogP contribution >= 0.6 is 0 Å². The number of carbonyl (C=O) groups is 1. The Hall–Kier alpha value is -3.86. The van der Waals surface area contributed by atoms with E-state index in [1.807, 2.05) is 4.72 Å². The maximum Gasteiger partial charge on any atom is 0.268 e. The summed E-state index contributed by atoms with van der Waals surface area (Å²) < 4.78 is 55.9. The SMILES string of the molecule is O=C(Nc1ccccc1)c1cnn2ccc(NS(=O)(=O)c3c(F)cccc3F)nc12. The molecule has 2 heterocycles. The summed E-state index contributed by atoms with van der Waals surface area (Å²) in [7, 11) is -4.60. The topological polar surface area (TPSA) is 105 Å². The summed E-state index contributed by atoms with van der Waals surface area (Å²) in [4.78, 5) is 15.5. The minimum Gasteiger partial charge on any atom is -0.322 e. The fourth-order valence-corrected chi connectivity index (χ4v) is 3.87. The number of nitrogens with one attached hydrogen (secondary N) is 2. The van der Waals surface area contributed by atoms with Gasteiger partial charge in [0.2, 0.25) is 0 Å². The highest BCUT2D eigenvalue weighted by atomic mass is 32.2. The molecule has 4 rings (SSSR count). The van der Waals surface area contributed by atoms with Gasteiger partial charge in [0, 0.05) is 11.9 Å². The third-order valence-corrected chi connectivity index (χ3v) is 5.48. The molecule has 2 aromatic heterocycles. The van der Waals surface area contributed by atoms with Crippen LogP contribution in [0.1, 0.15) is 10.4 Å². The summed E-state index contributed by atoms with van der Waals surface area (Å²) in [6.07, 6.45) is 2.63. The van der Waals surface area contributed by atoms with Crippen molar-refractivity contribution >= 4 is 33.1 Å². The van der Waals surface area contributed by atoms with E-state index in [1.165, 1.54) is 23.0 Å². The Morgan fingerprint density at radius 1 is 0.967 bits per heavy atom. The molecule has 2 N–H and O–H groups in total. The van der Waals surface area contributed by atoms with Gasteiger partial charge < -0.3 is 5.32 Å². The number of rotatable bonds is 5. The van der Waals surface area contributed by atoms with Crippen LogP contribution < -0.4 is 10.0 Å². The minimum absolute atomic E-state index is 0.0534. The van der Waals surface area contributed by atoms with E-state index >= 15 is 0 Å². The zero-order valence-electron chi connectivity index (χ0n) is 15.1. The maximum atomic E-state index is 13.9. The zero-order valence-corrected chi connectivity index (χ0v) is 15.9. The number of nitrogens with zero attached hydrogens (tertiary/aromatic N) is 3. The Kier molecular flexibility index (Phi) is 4.88. The van der Waals surface area contributed by atoms with E-state index in [2.05, 4.69) is 15.4 Å². The summed E-state index contributed by atoms with van der Waals surface area (Å²) in [5, 5.41) is 6.68. The average molecular weight is 429 g/mol. The van der Waals surface area contributed by atoms with Crippen molar-refractivity contribution in [2.75, 3.05) is 10.0 Å². The molecule has 30 heavy (non-hydrogen) atoms. The number of aromatic nitrogens is 3. The fraction of sp³-hybridized carbons (Fsp3) is 0. The Balaban J connectivity index is 1.67. The van der Waals surface area contributed by atoms with Crippen LogP contribution in [0.3, 0.4) is 0 Å². The summed E-state index contributed by atoms with van der Waals surface area (Å²) >= 11 is 0. The predicted molar refractivity (Wildman–Crippen MR) is 105 cm³/mol. The second-order valence-electron chi connectivity index (χ2n) is 6.12. The molecule has 0 spiro atoms. The molecule has 0 atom stereocenters. The van der Waals surface area contributed by atoms with Crippen molar-refractivity contribution in [3.63, 3.8) is 0 Å². The van der Waals surface area contributed by atoms with Gasteiger partial charge >= 0.3 is 0 Å². The quantitative estimate of drug-likeness (QED) is 0.507. The lowest BCUT2D eigenvalue weighted by Crippen LogP contribution is -2.18. The molecule has 2 aromatic carbocycles. The van der Waals surface area contributed by atoms with Crippen molar-refractivity contribution < 1.29 is 22.0 Å². The molecule has 0 aliphatic heterocycles. The third kappa shape index (κ3) is 3.70. The van der Waals surface area contributed by atoms with Crippen molar-refractivity contribution in [2.45, 2.75) is 4.90 Å². The number of anilines is 2. The average Bonchev–Trinajstić information content (AvgIpc) is 3.11. The summed E-state index contributed by atoms with van der Waals surface area (Å²) in [6.45, 7) is 0. The number of para-hydroxylation sites is 1. The van der Waals surface area contributed by atoms with Crippen LogP contribution in [-0.4, -0.2) is 28.9 Å². The van der Waals surface area contributed by atoms with Crippen molar-refractivity contribution in [3.8, 4) is 0 Å². The second-order valence-corrected chi connectivity index (χ2v) is 7.73. The van der Waals surface area contributed by atoms with E-state index in [1.54, 1.807) is 30.3 Å². The van der Waals surface area contributed by atoms with Crippen molar-refractivity contribution in [3.05, 3.63) is 84.2 Å². The highest BCUT2D eigenvalue weighted by molar-refractivity contribution is 7.92. The van der Waals surface area contributed by atoms with E-state index in [4.69, 9.17) is 0 Å². The number of carbonyl (C=O) groups excluding carboxylic acids is 1. The smallest absolute Gasteiger partial charge is 0.268 e.